The van der Waals surface area contributed by atoms with Crippen LogP contribution < -0.4 is 20.6 Å². The lowest BCUT2D eigenvalue weighted by Gasteiger charge is -2.36. The average Bonchev–Trinajstić information content (AvgIpc) is 2.87. The van der Waals surface area contributed by atoms with Crippen molar-refractivity contribution in [2.75, 3.05) is 55.0 Å². The fourth-order valence-corrected chi connectivity index (χ4v) is 4.68. The summed E-state index contributed by atoms with van der Waals surface area (Å²) in [6.07, 6.45) is 1.38. The predicted molar refractivity (Wildman–Crippen MR) is 130 cm³/mol. The van der Waals surface area contributed by atoms with Crippen LogP contribution in [0.3, 0.4) is 0 Å². The number of hydrogen-bond donors (Lipinski definition) is 2. The highest BCUT2D eigenvalue weighted by Gasteiger charge is 2.30. The number of carbonyl (C=O) groups excluding carboxylic acids is 2. The fraction of sp³-hybridized carbons (Fsp3) is 0.333. The predicted octanol–water partition coefficient (Wildman–Crippen LogP) is 2.89. The first kappa shape index (κ1) is 23.8. The molecule has 2 aromatic carbocycles. The summed E-state index contributed by atoms with van der Waals surface area (Å²) in [5.41, 5.74) is 3.80. The van der Waals surface area contributed by atoms with Crippen LogP contribution in [0.15, 0.2) is 30.6 Å². The number of rotatable bonds is 6. The number of nitrogens with one attached hydrogen (secondary N) is 2. The van der Waals surface area contributed by atoms with Crippen molar-refractivity contribution in [2.45, 2.75) is 13.5 Å². The van der Waals surface area contributed by atoms with Gasteiger partial charge >= 0.3 is 6.03 Å². The minimum Gasteiger partial charge on any atom is -0.367 e. The topological polar surface area (TPSA) is 103 Å². The lowest BCUT2D eigenvalue weighted by Crippen LogP contribution is -2.46. The molecule has 2 aliphatic heterocycles. The van der Waals surface area contributed by atoms with E-state index in [0.717, 1.165) is 0 Å². The van der Waals surface area contributed by atoms with Gasteiger partial charge in [-0.3, -0.25) is 19.4 Å². The van der Waals surface area contributed by atoms with Crippen LogP contribution >= 0.6 is 0 Å². The van der Waals surface area contributed by atoms with Crippen LogP contribution in [-0.2, 0) is 11.4 Å². The summed E-state index contributed by atoms with van der Waals surface area (Å²) in [5, 5.41) is 3.14. The number of halogens is 2. The van der Waals surface area contributed by atoms with E-state index in [1.807, 2.05) is 11.8 Å². The summed E-state index contributed by atoms with van der Waals surface area (Å²) in [7, 11) is 1.31. The van der Waals surface area contributed by atoms with Gasteiger partial charge in [0, 0.05) is 50.4 Å². The van der Waals surface area contributed by atoms with Crippen LogP contribution in [0.1, 0.15) is 22.8 Å². The first-order chi connectivity index (χ1) is 17.4. The van der Waals surface area contributed by atoms with Gasteiger partial charge in [0.1, 0.15) is 18.0 Å². The second-order valence-corrected chi connectivity index (χ2v) is 8.56. The van der Waals surface area contributed by atoms with Gasteiger partial charge in [-0.25, -0.2) is 29.0 Å². The molecule has 3 amide bonds. The maximum absolute atomic E-state index is 15.5. The van der Waals surface area contributed by atoms with E-state index in [1.165, 1.54) is 24.4 Å². The molecule has 0 bridgehead atoms. The zero-order valence-electron chi connectivity index (χ0n) is 19.8. The average molecular weight is 498 g/mol. The monoisotopic (exact) mass is 497 g/mol. The van der Waals surface area contributed by atoms with Crippen molar-refractivity contribution < 1.29 is 23.2 Å². The van der Waals surface area contributed by atoms with Crippen LogP contribution in [0.4, 0.5) is 30.8 Å². The Bertz CT molecular complexity index is 1350. The largest absolute Gasteiger partial charge is 0.367 e. The van der Waals surface area contributed by atoms with E-state index < -0.39 is 23.6 Å². The summed E-state index contributed by atoms with van der Waals surface area (Å²) in [6.45, 7) is 4.73. The number of benzene rings is 2. The summed E-state index contributed by atoms with van der Waals surface area (Å²) < 4.78 is 30.2. The van der Waals surface area contributed by atoms with Gasteiger partial charge in [0.2, 0.25) is 0 Å². The molecular weight excluding hydrogens is 472 g/mol. The normalized spacial score (nSPS) is 15.8. The minimum atomic E-state index is -0.528. The number of anilines is 3. The molecule has 2 aliphatic rings. The number of hydroxylamine groups is 1. The number of carbonyl (C=O) groups is 2. The molecule has 3 heterocycles. The van der Waals surface area contributed by atoms with Crippen LogP contribution in [0.25, 0.3) is 10.9 Å². The standard InChI is InChI=1S/C24H25F2N7O3/c1-3-33-22-19-17(27-13-28-22)11-15(20(26)21(19)29-24(33)35)12-31-6-8-32(9-7-31)18-5-4-14(10-16(18)25)23(34)30-36-2/h4-5,10-11,13H,3,6-9,12H2,1-2H3,(H,29,35)(H,30,34). The van der Waals surface area contributed by atoms with E-state index in [1.54, 1.807) is 18.2 Å². The highest BCUT2D eigenvalue weighted by Crippen LogP contribution is 2.38. The number of nitrogens with zero attached hydrogens (tertiary/aromatic N) is 5. The van der Waals surface area contributed by atoms with Gasteiger partial charge in [0.25, 0.3) is 5.91 Å². The zero-order chi connectivity index (χ0) is 25.4. The van der Waals surface area contributed by atoms with Gasteiger partial charge in [-0.2, -0.15) is 0 Å². The molecular formula is C24H25F2N7O3. The molecule has 5 rings (SSSR count). The molecule has 3 aromatic rings. The molecule has 10 nitrogen and oxygen atoms in total. The molecule has 36 heavy (non-hydrogen) atoms. The molecule has 12 heteroatoms. The van der Waals surface area contributed by atoms with Crippen molar-refractivity contribution in [3.63, 3.8) is 0 Å². The number of hydrogen-bond acceptors (Lipinski definition) is 7. The van der Waals surface area contributed by atoms with Crippen LogP contribution in [0.2, 0.25) is 0 Å². The van der Waals surface area contributed by atoms with Crippen molar-refractivity contribution in [1.29, 1.82) is 0 Å². The summed E-state index contributed by atoms with van der Waals surface area (Å²) in [6, 6.07) is 5.56. The van der Waals surface area contributed by atoms with Gasteiger partial charge in [-0.15, -0.1) is 0 Å². The van der Waals surface area contributed by atoms with Crippen LogP contribution in [-0.4, -0.2) is 66.6 Å². The Kier molecular flexibility index (Phi) is 6.37. The molecule has 188 valence electrons. The van der Waals surface area contributed by atoms with E-state index in [0.29, 0.717) is 67.2 Å². The van der Waals surface area contributed by atoms with Gasteiger partial charge in [-0.05, 0) is 31.2 Å². The number of piperazine rings is 1. The Morgan fingerprint density at radius 3 is 2.64 bits per heavy atom. The zero-order valence-corrected chi connectivity index (χ0v) is 19.8. The highest BCUT2D eigenvalue weighted by molar-refractivity contribution is 6.17. The third-order valence-corrected chi connectivity index (χ3v) is 6.48. The van der Waals surface area contributed by atoms with E-state index in [4.69, 9.17) is 0 Å². The number of urea groups is 1. The van der Waals surface area contributed by atoms with Crippen molar-refractivity contribution >= 4 is 40.0 Å². The van der Waals surface area contributed by atoms with E-state index >= 15 is 4.39 Å². The Morgan fingerprint density at radius 2 is 1.94 bits per heavy atom. The molecule has 1 aromatic heterocycles. The maximum Gasteiger partial charge on any atom is 0.327 e. The molecule has 0 radical (unpaired) electrons. The van der Waals surface area contributed by atoms with Crippen molar-refractivity contribution in [3.8, 4) is 0 Å². The smallest absolute Gasteiger partial charge is 0.327 e. The Morgan fingerprint density at radius 1 is 1.17 bits per heavy atom. The molecule has 0 saturated carbocycles. The Labute approximate surface area is 205 Å². The maximum atomic E-state index is 15.5. The Balaban J connectivity index is 1.32. The molecule has 0 spiro atoms. The lowest BCUT2D eigenvalue weighted by molar-refractivity contribution is 0.0537. The summed E-state index contributed by atoms with van der Waals surface area (Å²) >= 11 is 0. The first-order valence-corrected chi connectivity index (χ1v) is 11.6. The van der Waals surface area contributed by atoms with E-state index in [2.05, 4.69) is 30.5 Å². The van der Waals surface area contributed by atoms with Crippen molar-refractivity contribution in [1.82, 2.24) is 20.3 Å². The van der Waals surface area contributed by atoms with Crippen molar-refractivity contribution in [3.05, 3.63) is 53.4 Å². The number of amides is 3. The first-order valence-electron chi connectivity index (χ1n) is 11.6. The minimum absolute atomic E-state index is 0.103. The third kappa shape index (κ3) is 4.18. The Hall–Kier alpha value is -3.90. The third-order valence-electron chi connectivity index (χ3n) is 6.48. The number of aromatic nitrogens is 2. The quantitative estimate of drug-likeness (QED) is 0.505. The molecule has 2 N–H and O–H groups in total. The van der Waals surface area contributed by atoms with Crippen LogP contribution in [0, 0.1) is 11.6 Å². The second kappa shape index (κ2) is 9.63. The second-order valence-electron chi connectivity index (χ2n) is 8.56. The van der Waals surface area contributed by atoms with Gasteiger partial charge in [0.05, 0.1) is 29.4 Å². The van der Waals surface area contributed by atoms with E-state index in [9.17, 15) is 14.0 Å². The summed E-state index contributed by atoms with van der Waals surface area (Å²) in [4.78, 5) is 42.8. The summed E-state index contributed by atoms with van der Waals surface area (Å²) in [5.74, 6) is -1.13. The van der Waals surface area contributed by atoms with Gasteiger partial charge in [0.15, 0.2) is 5.82 Å². The molecule has 0 aliphatic carbocycles. The van der Waals surface area contributed by atoms with E-state index in [-0.39, 0.29) is 11.3 Å². The molecule has 1 fully saturated rings. The molecule has 1 saturated heterocycles. The van der Waals surface area contributed by atoms with Gasteiger partial charge < -0.3 is 10.2 Å². The van der Waals surface area contributed by atoms with Crippen LogP contribution in [0.5, 0.6) is 0 Å². The highest BCUT2D eigenvalue weighted by atomic mass is 19.1. The molecule has 0 atom stereocenters. The SMILES string of the molecule is CCN1C(=O)Nc2c(F)c(CN3CCN(c4ccc(C(=O)NOC)cc4F)CC3)cc3ncnc1c23. The van der Waals surface area contributed by atoms with Crippen molar-refractivity contribution in [2.24, 2.45) is 0 Å². The fourth-order valence-electron chi connectivity index (χ4n) is 4.68. The lowest BCUT2D eigenvalue weighted by atomic mass is 10.1. The van der Waals surface area contributed by atoms with Gasteiger partial charge in [-0.1, -0.05) is 0 Å². The molecule has 0 unspecified atom stereocenters.